The summed E-state index contributed by atoms with van der Waals surface area (Å²) in [6, 6.07) is 16.0. The van der Waals surface area contributed by atoms with Crippen LogP contribution in [0.15, 0.2) is 79.1 Å². The number of ether oxygens (including phenoxy) is 1. The molecule has 1 N–H and O–H groups in total. The standard InChI is InChI=1S/C26H21F3N4O4/c1-32(18-5-3-2-4-6-18)21(34)24(15-17-11-13-30-14-12-17)16-25(24)22(35)33(23(36)31-25)19-7-9-20(10-8-19)37-26(27,28)29/h2-14H,15-16H2,1H3,(H,31,36). The molecule has 2 atom stereocenters. The number of hydrogen-bond donors (Lipinski definition) is 1. The Labute approximate surface area is 209 Å². The zero-order valence-corrected chi connectivity index (χ0v) is 19.5. The summed E-state index contributed by atoms with van der Waals surface area (Å²) in [4.78, 5) is 47.0. The van der Waals surface area contributed by atoms with Crippen molar-refractivity contribution in [3.05, 3.63) is 84.7 Å². The lowest BCUT2D eigenvalue weighted by molar-refractivity contribution is -0.274. The van der Waals surface area contributed by atoms with Gasteiger partial charge in [-0.05, 0) is 66.9 Å². The highest BCUT2D eigenvalue weighted by Crippen LogP contribution is 2.62. The van der Waals surface area contributed by atoms with E-state index in [1.54, 1.807) is 55.8 Å². The molecule has 3 aromatic rings. The van der Waals surface area contributed by atoms with E-state index in [4.69, 9.17) is 0 Å². The molecule has 190 valence electrons. The predicted octanol–water partition coefficient (Wildman–Crippen LogP) is 4.07. The van der Waals surface area contributed by atoms with Gasteiger partial charge in [0.15, 0.2) is 0 Å². The number of anilines is 2. The number of nitrogens with zero attached hydrogens (tertiary/aromatic N) is 3. The van der Waals surface area contributed by atoms with Gasteiger partial charge >= 0.3 is 12.4 Å². The third-order valence-corrected chi connectivity index (χ3v) is 6.79. The van der Waals surface area contributed by atoms with Gasteiger partial charge in [-0.3, -0.25) is 14.6 Å². The Bertz CT molecular complexity index is 1350. The third-order valence-electron chi connectivity index (χ3n) is 6.79. The van der Waals surface area contributed by atoms with Gasteiger partial charge in [0.25, 0.3) is 5.91 Å². The van der Waals surface area contributed by atoms with Crippen molar-refractivity contribution < 1.29 is 32.3 Å². The first-order chi connectivity index (χ1) is 17.6. The SMILES string of the molecule is CN(C(=O)C1(Cc2ccncc2)CC12NC(=O)N(c1ccc(OC(F)(F)F)cc1)C2=O)c1ccccc1. The highest BCUT2D eigenvalue weighted by Gasteiger charge is 2.80. The Morgan fingerprint density at radius 1 is 1.05 bits per heavy atom. The van der Waals surface area contributed by atoms with Crippen LogP contribution in [-0.2, 0) is 16.0 Å². The number of imide groups is 1. The molecule has 2 unspecified atom stereocenters. The number of alkyl halides is 3. The number of halogens is 3. The van der Waals surface area contributed by atoms with Gasteiger partial charge in [-0.15, -0.1) is 13.2 Å². The molecule has 1 saturated carbocycles. The Morgan fingerprint density at radius 2 is 1.70 bits per heavy atom. The van der Waals surface area contributed by atoms with E-state index in [1.807, 2.05) is 6.07 Å². The second kappa shape index (κ2) is 8.61. The van der Waals surface area contributed by atoms with Crippen molar-refractivity contribution in [1.82, 2.24) is 10.3 Å². The van der Waals surface area contributed by atoms with Crippen molar-refractivity contribution in [1.29, 1.82) is 0 Å². The van der Waals surface area contributed by atoms with Gasteiger partial charge in [0.1, 0.15) is 11.3 Å². The summed E-state index contributed by atoms with van der Waals surface area (Å²) in [6.45, 7) is 0. The lowest BCUT2D eigenvalue weighted by Gasteiger charge is -2.27. The summed E-state index contributed by atoms with van der Waals surface area (Å²) in [5.74, 6) is -1.48. The van der Waals surface area contributed by atoms with E-state index >= 15 is 0 Å². The highest BCUT2D eigenvalue weighted by atomic mass is 19.4. The number of carbonyl (C=O) groups excluding carboxylic acids is 3. The average Bonchev–Trinajstić information content (AvgIpc) is 3.44. The molecule has 11 heteroatoms. The number of hydrogen-bond acceptors (Lipinski definition) is 5. The van der Waals surface area contributed by atoms with E-state index in [0.29, 0.717) is 5.69 Å². The predicted molar refractivity (Wildman–Crippen MR) is 127 cm³/mol. The van der Waals surface area contributed by atoms with Crippen LogP contribution >= 0.6 is 0 Å². The number of benzene rings is 2. The maximum Gasteiger partial charge on any atom is 0.573 e. The van der Waals surface area contributed by atoms with Crippen molar-refractivity contribution in [2.24, 2.45) is 5.41 Å². The number of aromatic nitrogens is 1. The molecule has 1 aliphatic carbocycles. The smallest absolute Gasteiger partial charge is 0.406 e. The van der Waals surface area contributed by atoms with Crippen LogP contribution in [-0.4, -0.2) is 41.8 Å². The van der Waals surface area contributed by atoms with Crippen molar-refractivity contribution in [2.45, 2.75) is 24.7 Å². The normalized spacial score (nSPS) is 22.6. The first-order valence-corrected chi connectivity index (χ1v) is 11.3. The second-order valence-corrected chi connectivity index (χ2v) is 9.01. The molecule has 2 heterocycles. The topological polar surface area (TPSA) is 91.8 Å². The minimum absolute atomic E-state index is 0.0578. The Kier molecular flexibility index (Phi) is 5.65. The molecule has 1 aliphatic heterocycles. The van der Waals surface area contributed by atoms with Crippen LogP contribution in [0, 0.1) is 5.41 Å². The quantitative estimate of drug-likeness (QED) is 0.505. The molecule has 1 spiro atoms. The Morgan fingerprint density at radius 3 is 2.32 bits per heavy atom. The van der Waals surface area contributed by atoms with E-state index < -0.39 is 35.0 Å². The van der Waals surface area contributed by atoms with Gasteiger partial charge in [-0.25, -0.2) is 9.69 Å². The summed E-state index contributed by atoms with van der Waals surface area (Å²) in [5.41, 5.74) is -1.34. The summed E-state index contributed by atoms with van der Waals surface area (Å²) in [6.07, 6.45) is -1.48. The maximum atomic E-state index is 13.9. The third kappa shape index (κ3) is 4.15. The number of para-hydroxylation sites is 1. The molecule has 37 heavy (non-hydrogen) atoms. The van der Waals surface area contributed by atoms with Crippen molar-refractivity contribution in [3.8, 4) is 5.75 Å². The van der Waals surface area contributed by atoms with Crippen LogP contribution < -0.4 is 19.9 Å². The lowest BCUT2D eigenvalue weighted by Crippen LogP contribution is -2.47. The molecule has 1 saturated heterocycles. The van der Waals surface area contributed by atoms with Crippen LogP contribution in [0.3, 0.4) is 0 Å². The Hall–Kier alpha value is -4.41. The number of nitrogens with one attached hydrogen (secondary N) is 1. The molecule has 4 amide bonds. The molecular weight excluding hydrogens is 489 g/mol. The van der Waals surface area contributed by atoms with Crippen molar-refractivity contribution >= 4 is 29.2 Å². The largest absolute Gasteiger partial charge is 0.573 e. The van der Waals surface area contributed by atoms with Crippen LogP contribution in [0.5, 0.6) is 5.75 Å². The first-order valence-electron chi connectivity index (χ1n) is 11.3. The molecule has 1 aromatic heterocycles. The first kappa shape index (κ1) is 24.3. The fourth-order valence-corrected chi connectivity index (χ4v) is 4.95. The lowest BCUT2D eigenvalue weighted by atomic mass is 9.89. The fraction of sp³-hybridized carbons (Fsp3) is 0.231. The number of carbonyl (C=O) groups is 3. The van der Waals surface area contributed by atoms with E-state index in [1.165, 1.54) is 17.0 Å². The highest BCUT2D eigenvalue weighted by molar-refractivity contribution is 6.28. The number of amides is 4. The van der Waals surface area contributed by atoms with Crippen LogP contribution in [0.2, 0.25) is 0 Å². The minimum atomic E-state index is -4.88. The molecular formula is C26H21F3N4O4. The molecule has 0 bridgehead atoms. The zero-order valence-electron chi connectivity index (χ0n) is 19.5. The molecule has 2 fully saturated rings. The van der Waals surface area contributed by atoms with Gasteiger partial charge in [-0.1, -0.05) is 18.2 Å². The van der Waals surface area contributed by atoms with E-state index in [-0.39, 0.29) is 24.4 Å². The van der Waals surface area contributed by atoms with Crippen LogP contribution in [0.1, 0.15) is 12.0 Å². The number of urea groups is 1. The van der Waals surface area contributed by atoms with Gasteiger partial charge in [0.05, 0.1) is 11.1 Å². The zero-order chi connectivity index (χ0) is 26.4. The van der Waals surface area contributed by atoms with E-state index in [9.17, 15) is 27.6 Å². The molecule has 0 radical (unpaired) electrons. The molecule has 2 aliphatic rings. The van der Waals surface area contributed by atoms with Gasteiger partial charge in [0, 0.05) is 25.1 Å². The summed E-state index contributed by atoms with van der Waals surface area (Å²) >= 11 is 0. The molecule has 8 nitrogen and oxygen atoms in total. The number of rotatable bonds is 6. The maximum absolute atomic E-state index is 13.9. The monoisotopic (exact) mass is 510 g/mol. The summed E-state index contributed by atoms with van der Waals surface area (Å²) in [7, 11) is 1.61. The van der Waals surface area contributed by atoms with E-state index in [2.05, 4.69) is 15.0 Å². The van der Waals surface area contributed by atoms with Gasteiger partial charge < -0.3 is 15.0 Å². The van der Waals surface area contributed by atoms with Gasteiger partial charge in [0.2, 0.25) is 5.91 Å². The summed E-state index contributed by atoms with van der Waals surface area (Å²) in [5, 5.41) is 2.72. The van der Waals surface area contributed by atoms with Crippen LogP contribution in [0.4, 0.5) is 29.3 Å². The van der Waals surface area contributed by atoms with Gasteiger partial charge in [-0.2, -0.15) is 0 Å². The Balaban J connectivity index is 1.48. The number of pyridine rings is 1. The van der Waals surface area contributed by atoms with Crippen molar-refractivity contribution in [3.63, 3.8) is 0 Å². The second-order valence-electron chi connectivity index (χ2n) is 9.01. The minimum Gasteiger partial charge on any atom is -0.406 e. The van der Waals surface area contributed by atoms with Crippen LogP contribution in [0.25, 0.3) is 0 Å². The molecule has 2 aromatic carbocycles. The fourth-order valence-electron chi connectivity index (χ4n) is 4.95. The molecule has 5 rings (SSSR count). The van der Waals surface area contributed by atoms with Crippen molar-refractivity contribution in [2.75, 3.05) is 16.8 Å². The van der Waals surface area contributed by atoms with E-state index in [0.717, 1.165) is 22.6 Å². The summed E-state index contributed by atoms with van der Waals surface area (Å²) < 4.78 is 41.4. The average molecular weight is 510 g/mol.